The molecule has 0 heterocycles. The number of aryl methyl sites for hydroxylation is 2. The highest BCUT2D eigenvalue weighted by Crippen LogP contribution is 2.13. The van der Waals surface area contributed by atoms with Crippen LogP contribution in [0.3, 0.4) is 0 Å². The molecule has 0 atom stereocenters. The fourth-order valence-electron chi connectivity index (χ4n) is 2.29. The molecule has 2 aromatic carbocycles. The van der Waals surface area contributed by atoms with Crippen molar-refractivity contribution in [2.75, 3.05) is 0 Å². The Morgan fingerprint density at radius 2 is 1.55 bits per heavy atom. The van der Waals surface area contributed by atoms with Crippen LogP contribution in [0.25, 0.3) is 0 Å². The Bertz CT molecular complexity index is 548. The third-order valence-electron chi connectivity index (χ3n) is 3.38. The number of amides is 1. The van der Waals surface area contributed by atoms with Gasteiger partial charge in [-0.05, 0) is 49.3 Å². The van der Waals surface area contributed by atoms with Crippen molar-refractivity contribution in [3.63, 3.8) is 0 Å². The molecule has 0 aliphatic carbocycles. The summed E-state index contributed by atoms with van der Waals surface area (Å²) in [6.45, 7) is 0. The van der Waals surface area contributed by atoms with E-state index in [9.17, 15) is 4.79 Å². The highest BCUT2D eigenvalue weighted by molar-refractivity contribution is 5.94. The van der Waals surface area contributed by atoms with Crippen LogP contribution < -0.4 is 5.73 Å². The number of benzene rings is 2. The predicted molar refractivity (Wildman–Crippen MR) is 82.3 cm³/mol. The summed E-state index contributed by atoms with van der Waals surface area (Å²) in [4.78, 5) is 11.3. The van der Waals surface area contributed by atoms with Crippen molar-refractivity contribution in [3.05, 3.63) is 77.7 Å². The highest BCUT2D eigenvalue weighted by Gasteiger charge is 2.06. The first-order chi connectivity index (χ1) is 9.77. The summed E-state index contributed by atoms with van der Waals surface area (Å²) in [5.74, 6) is -0.343. The van der Waals surface area contributed by atoms with E-state index in [1.165, 1.54) is 5.56 Å². The summed E-state index contributed by atoms with van der Waals surface area (Å²) in [5.41, 5.74) is 8.41. The highest BCUT2D eigenvalue weighted by atomic mass is 16.1. The van der Waals surface area contributed by atoms with E-state index in [-0.39, 0.29) is 5.91 Å². The zero-order valence-corrected chi connectivity index (χ0v) is 11.6. The van der Waals surface area contributed by atoms with Crippen LogP contribution >= 0.6 is 0 Å². The number of hydrogen-bond donors (Lipinski definition) is 1. The summed E-state index contributed by atoms with van der Waals surface area (Å²) in [6.07, 6.45) is 6.25. The van der Waals surface area contributed by atoms with E-state index in [0.29, 0.717) is 5.56 Å². The van der Waals surface area contributed by atoms with Crippen molar-refractivity contribution in [2.45, 2.75) is 25.7 Å². The van der Waals surface area contributed by atoms with Crippen molar-refractivity contribution < 1.29 is 4.79 Å². The first kappa shape index (κ1) is 14.3. The third kappa shape index (κ3) is 4.23. The van der Waals surface area contributed by atoms with E-state index in [1.807, 2.05) is 24.3 Å². The van der Waals surface area contributed by atoms with E-state index >= 15 is 0 Å². The van der Waals surface area contributed by atoms with Crippen LogP contribution in [0.5, 0.6) is 0 Å². The number of rotatable bonds is 7. The zero-order valence-electron chi connectivity index (χ0n) is 11.6. The van der Waals surface area contributed by atoms with Gasteiger partial charge in [-0.2, -0.15) is 0 Å². The molecular formula is C18H20NO. The predicted octanol–water partition coefficient (Wildman–Crippen LogP) is 3.56. The molecule has 0 aromatic heterocycles. The molecule has 20 heavy (non-hydrogen) atoms. The lowest BCUT2D eigenvalue weighted by Gasteiger charge is -2.06. The SMILES string of the molecule is NC(=O)c1ccccc1CC[CH]CCc1ccccc1. The maximum atomic E-state index is 11.3. The van der Waals surface area contributed by atoms with E-state index in [1.54, 1.807) is 6.07 Å². The lowest BCUT2D eigenvalue weighted by atomic mass is 9.99. The average molecular weight is 266 g/mol. The largest absolute Gasteiger partial charge is 0.366 e. The second kappa shape index (κ2) is 7.49. The molecule has 0 saturated heterocycles. The average Bonchev–Trinajstić information content (AvgIpc) is 2.48. The van der Waals surface area contributed by atoms with Crippen molar-refractivity contribution in [3.8, 4) is 0 Å². The molecule has 2 N–H and O–H groups in total. The summed E-state index contributed by atoms with van der Waals surface area (Å²) < 4.78 is 0. The molecule has 2 aromatic rings. The number of carbonyl (C=O) groups is 1. The van der Waals surface area contributed by atoms with Crippen LogP contribution in [0.2, 0.25) is 0 Å². The van der Waals surface area contributed by atoms with E-state index in [2.05, 4.69) is 30.7 Å². The molecule has 103 valence electrons. The number of carbonyl (C=O) groups excluding carboxylic acids is 1. The van der Waals surface area contributed by atoms with Gasteiger partial charge in [-0.15, -0.1) is 0 Å². The van der Waals surface area contributed by atoms with Gasteiger partial charge in [0.15, 0.2) is 0 Å². The number of nitrogens with two attached hydrogens (primary N) is 1. The molecule has 2 rings (SSSR count). The second-order valence-corrected chi connectivity index (χ2v) is 4.87. The maximum absolute atomic E-state index is 11.3. The number of primary amides is 1. The summed E-state index contributed by atoms with van der Waals surface area (Å²) in [6, 6.07) is 18.0. The fraction of sp³-hybridized carbons (Fsp3) is 0.222. The van der Waals surface area contributed by atoms with Gasteiger partial charge < -0.3 is 5.73 Å². The zero-order chi connectivity index (χ0) is 14.2. The molecule has 1 amide bonds. The van der Waals surface area contributed by atoms with E-state index < -0.39 is 0 Å². The Kier molecular flexibility index (Phi) is 5.36. The minimum Gasteiger partial charge on any atom is -0.366 e. The monoisotopic (exact) mass is 266 g/mol. The van der Waals surface area contributed by atoms with Crippen LogP contribution in [0.1, 0.15) is 34.3 Å². The minimum absolute atomic E-state index is 0.343. The normalized spacial score (nSPS) is 10.4. The van der Waals surface area contributed by atoms with Gasteiger partial charge in [0.25, 0.3) is 0 Å². The summed E-state index contributed by atoms with van der Waals surface area (Å²) in [5, 5.41) is 0. The molecule has 0 bridgehead atoms. The molecule has 2 nitrogen and oxygen atoms in total. The third-order valence-corrected chi connectivity index (χ3v) is 3.38. The smallest absolute Gasteiger partial charge is 0.248 e. The lowest BCUT2D eigenvalue weighted by Crippen LogP contribution is -2.13. The van der Waals surface area contributed by atoms with Crippen LogP contribution in [-0.4, -0.2) is 5.91 Å². The Hall–Kier alpha value is -2.09. The molecule has 0 fully saturated rings. The van der Waals surface area contributed by atoms with Gasteiger partial charge >= 0.3 is 0 Å². The number of hydrogen-bond acceptors (Lipinski definition) is 1. The molecular weight excluding hydrogens is 246 g/mol. The standard InChI is InChI=1S/C18H20NO/c19-18(20)17-14-8-7-13-16(17)12-6-2-5-11-15-9-3-1-4-10-15/h1-4,7-10,13-14H,5-6,11-12H2,(H2,19,20). The first-order valence-electron chi connectivity index (χ1n) is 7.00. The second-order valence-electron chi connectivity index (χ2n) is 4.87. The van der Waals surface area contributed by atoms with Crippen molar-refractivity contribution >= 4 is 5.91 Å². The fourth-order valence-corrected chi connectivity index (χ4v) is 2.29. The van der Waals surface area contributed by atoms with Gasteiger partial charge in [0, 0.05) is 5.56 Å². The minimum atomic E-state index is -0.343. The van der Waals surface area contributed by atoms with Crippen LogP contribution in [-0.2, 0) is 12.8 Å². The van der Waals surface area contributed by atoms with Gasteiger partial charge in [0.05, 0.1) is 0 Å². The maximum Gasteiger partial charge on any atom is 0.248 e. The Morgan fingerprint density at radius 1 is 0.900 bits per heavy atom. The van der Waals surface area contributed by atoms with Gasteiger partial charge in [0.2, 0.25) is 5.91 Å². The lowest BCUT2D eigenvalue weighted by molar-refractivity contribution is 0.0999. The van der Waals surface area contributed by atoms with Gasteiger partial charge in [-0.1, -0.05) is 48.5 Å². The van der Waals surface area contributed by atoms with E-state index in [0.717, 1.165) is 31.2 Å². The van der Waals surface area contributed by atoms with Crippen molar-refractivity contribution in [1.29, 1.82) is 0 Å². The number of unbranched alkanes of at least 4 members (excludes halogenated alkanes) is 2. The molecule has 0 unspecified atom stereocenters. The first-order valence-corrected chi connectivity index (χ1v) is 7.00. The molecule has 0 aliphatic heterocycles. The molecule has 0 saturated carbocycles. The summed E-state index contributed by atoms with van der Waals surface area (Å²) in [7, 11) is 0. The van der Waals surface area contributed by atoms with Crippen LogP contribution in [0.15, 0.2) is 54.6 Å². The Morgan fingerprint density at radius 3 is 2.30 bits per heavy atom. The van der Waals surface area contributed by atoms with Crippen LogP contribution in [0.4, 0.5) is 0 Å². The quantitative estimate of drug-likeness (QED) is 0.765. The molecule has 0 spiro atoms. The summed E-state index contributed by atoms with van der Waals surface area (Å²) >= 11 is 0. The van der Waals surface area contributed by atoms with E-state index in [4.69, 9.17) is 5.73 Å². The Balaban J connectivity index is 1.75. The topological polar surface area (TPSA) is 43.1 Å². The van der Waals surface area contributed by atoms with Crippen LogP contribution in [0, 0.1) is 6.42 Å². The van der Waals surface area contributed by atoms with Crippen molar-refractivity contribution in [2.24, 2.45) is 5.73 Å². The Labute approximate surface area is 120 Å². The van der Waals surface area contributed by atoms with Gasteiger partial charge in [-0.25, -0.2) is 0 Å². The van der Waals surface area contributed by atoms with Crippen molar-refractivity contribution in [1.82, 2.24) is 0 Å². The molecule has 2 heteroatoms. The molecule has 0 aliphatic rings. The van der Waals surface area contributed by atoms with Gasteiger partial charge in [-0.3, -0.25) is 4.79 Å². The molecule has 1 radical (unpaired) electrons. The van der Waals surface area contributed by atoms with Gasteiger partial charge in [0.1, 0.15) is 0 Å².